The predicted molar refractivity (Wildman–Crippen MR) is 238 cm³/mol. The third-order valence-corrected chi connectivity index (χ3v) is 11.9. The molecule has 1 aliphatic heterocycles. The molecule has 2 aliphatic rings. The van der Waals surface area contributed by atoms with E-state index >= 15 is 0 Å². The van der Waals surface area contributed by atoms with Crippen LogP contribution in [0, 0.1) is 5.92 Å². The number of amides is 9. The van der Waals surface area contributed by atoms with Gasteiger partial charge in [-0.3, -0.25) is 47.9 Å². The number of rotatable bonds is 11. The molecule has 1 saturated heterocycles. The van der Waals surface area contributed by atoms with Crippen LogP contribution in [-0.4, -0.2) is 123 Å². The highest BCUT2D eigenvalue weighted by Crippen LogP contribution is 2.29. The number of carbonyl (C=O) groups is 10. The van der Waals surface area contributed by atoms with Gasteiger partial charge in [0.1, 0.15) is 41.5 Å². The zero-order valence-electron chi connectivity index (χ0n) is 36.8. The Hall–Kier alpha value is -6.13. The first-order chi connectivity index (χ1) is 30.7. The van der Waals surface area contributed by atoms with E-state index in [1.165, 1.54) is 18.2 Å². The Labute approximate surface area is 381 Å². The van der Waals surface area contributed by atoms with Crippen molar-refractivity contribution >= 4 is 76.6 Å². The molecular weight excluding hydrogens is 869 g/mol. The quantitative estimate of drug-likeness (QED) is 0.0884. The van der Waals surface area contributed by atoms with Gasteiger partial charge in [0, 0.05) is 31.6 Å². The summed E-state index contributed by atoms with van der Waals surface area (Å²) in [4.78, 5) is 132. The Morgan fingerprint density at radius 3 is 2.11 bits per heavy atom. The van der Waals surface area contributed by atoms with E-state index in [0.29, 0.717) is 18.4 Å². The minimum atomic E-state index is -1.62. The third kappa shape index (κ3) is 18.1. The van der Waals surface area contributed by atoms with E-state index in [-0.39, 0.29) is 99.6 Å². The van der Waals surface area contributed by atoms with Crippen molar-refractivity contribution in [2.24, 2.45) is 17.4 Å². The zero-order valence-corrected chi connectivity index (χ0v) is 37.7. The minimum absolute atomic E-state index is 0.0141. The minimum Gasteiger partial charge on any atom is -0.506 e. The molecule has 22 nitrogen and oxygen atoms in total. The molecule has 2 fully saturated rings. The SMILES string of the molecule is CC(C)C[C@@H]1NC(=O)[C@H](CCCC(=O)O)NC(=O)CSC[C@H](C(N)=O)NC(=O)CCCCNC(=O)[C@H](CC(N)=O)NC(=O)C2(CCCCC2)NC(=O)[C@H](Cc2ccc(O)c(N)c2)NC1=O. The largest absolute Gasteiger partial charge is 0.506 e. The van der Waals surface area contributed by atoms with Gasteiger partial charge >= 0.3 is 5.97 Å². The van der Waals surface area contributed by atoms with Crippen LogP contribution in [0.3, 0.4) is 0 Å². The van der Waals surface area contributed by atoms with Gasteiger partial charge in [0.15, 0.2) is 0 Å². The van der Waals surface area contributed by atoms with E-state index in [0.717, 1.165) is 18.2 Å². The topological polar surface area (TPSA) is 373 Å². The number of primary amides is 2. The predicted octanol–water partition coefficient (Wildman–Crippen LogP) is -1.55. The number of anilines is 1. The van der Waals surface area contributed by atoms with Gasteiger partial charge in [0.25, 0.3) is 0 Å². The van der Waals surface area contributed by atoms with Crippen LogP contribution in [0.25, 0.3) is 0 Å². The summed E-state index contributed by atoms with van der Waals surface area (Å²) in [6.07, 6.45) is 1.15. The third-order valence-electron chi connectivity index (χ3n) is 10.9. The molecule has 1 aromatic carbocycles. The molecule has 23 heteroatoms. The van der Waals surface area contributed by atoms with Crippen LogP contribution in [0.5, 0.6) is 5.75 Å². The van der Waals surface area contributed by atoms with Gasteiger partial charge in [-0.1, -0.05) is 39.2 Å². The molecule has 0 bridgehead atoms. The summed E-state index contributed by atoms with van der Waals surface area (Å²) >= 11 is 0.933. The van der Waals surface area contributed by atoms with Crippen LogP contribution in [0.4, 0.5) is 5.69 Å². The van der Waals surface area contributed by atoms with E-state index in [1.807, 2.05) is 0 Å². The van der Waals surface area contributed by atoms with Gasteiger partial charge in [-0.25, -0.2) is 0 Å². The van der Waals surface area contributed by atoms with Crippen LogP contribution in [0.2, 0.25) is 0 Å². The molecule has 0 radical (unpaired) electrons. The molecule has 360 valence electrons. The first-order valence-electron chi connectivity index (χ1n) is 21.7. The maximum atomic E-state index is 14.5. The second kappa shape index (κ2) is 26.0. The van der Waals surface area contributed by atoms with Crippen molar-refractivity contribution in [3.63, 3.8) is 0 Å². The number of nitrogens with two attached hydrogens (primary N) is 3. The number of nitrogen functional groups attached to an aromatic ring is 1. The summed E-state index contributed by atoms with van der Waals surface area (Å²) in [5.41, 5.74) is 15.7. The summed E-state index contributed by atoms with van der Waals surface area (Å²) < 4.78 is 0. The van der Waals surface area contributed by atoms with Crippen LogP contribution in [0.15, 0.2) is 18.2 Å². The number of phenols is 1. The number of nitrogens with one attached hydrogen (secondary N) is 7. The Morgan fingerprint density at radius 1 is 0.800 bits per heavy atom. The number of hydrogen-bond acceptors (Lipinski definition) is 13. The fraction of sp³-hybridized carbons (Fsp3) is 0.619. The average molecular weight is 933 g/mol. The van der Waals surface area contributed by atoms with Crippen molar-refractivity contribution in [2.45, 2.75) is 139 Å². The number of benzene rings is 1. The molecular formula is C42H64N10O12S. The Balaban J connectivity index is 2.06. The standard InChI is InChI=1S/C42H64N10O12S/c1-23(2)17-27-39(62)50-28(19-24-12-13-31(53)25(43)18-24)40(63)52-42(14-5-3-6-15-42)41(64)51-29(20-32(44)54)37(60)46-16-7-4-10-33(55)48-30(36(45)59)21-65-22-34(56)47-26(38(61)49-27)9-8-11-35(57)58/h12-13,18,23,26-30,53H,3-11,14-17,19-22,43H2,1-2H3,(H2,44,54)(H2,45,59)(H,46,60)(H,47,56)(H,48,55)(H,49,61)(H,50,62)(H,51,64)(H,52,63)(H,57,58)/t26-,27-,28-,29-,30+/m0/s1. The monoisotopic (exact) mass is 932 g/mol. The molecule has 1 heterocycles. The van der Waals surface area contributed by atoms with Crippen molar-refractivity contribution in [1.82, 2.24) is 37.2 Å². The molecule has 65 heavy (non-hydrogen) atoms. The van der Waals surface area contributed by atoms with Gasteiger partial charge in [-0.15, -0.1) is 11.8 Å². The Morgan fingerprint density at radius 2 is 1.48 bits per heavy atom. The molecule has 9 amide bonds. The maximum absolute atomic E-state index is 14.5. The van der Waals surface area contributed by atoms with Crippen LogP contribution in [-0.2, 0) is 54.4 Å². The van der Waals surface area contributed by atoms with Crippen LogP contribution in [0.1, 0.15) is 103 Å². The lowest BCUT2D eigenvalue weighted by molar-refractivity contribution is -0.139. The summed E-state index contributed by atoms with van der Waals surface area (Å²) in [5, 5.41) is 37.9. The second-order valence-corrected chi connectivity index (χ2v) is 17.9. The lowest BCUT2D eigenvalue weighted by atomic mass is 9.80. The number of carbonyl (C=O) groups excluding carboxylic acids is 9. The van der Waals surface area contributed by atoms with Crippen LogP contribution < -0.4 is 54.4 Å². The fourth-order valence-electron chi connectivity index (χ4n) is 7.46. The fourth-order valence-corrected chi connectivity index (χ4v) is 8.33. The highest BCUT2D eigenvalue weighted by atomic mass is 32.2. The van der Waals surface area contributed by atoms with Gasteiger partial charge in [0.05, 0.1) is 17.9 Å². The Kier molecular flexibility index (Phi) is 21.3. The Bertz CT molecular complexity index is 1910. The van der Waals surface area contributed by atoms with Crippen molar-refractivity contribution in [3.8, 4) is 5.75 Å². The summed E-state index contributed by atoms with van der Waals surface area (Å²) in [7, 11) is 0. The van der Waals surface area contributed by atoms with Gasteiger partial charge in [-0.05, 0) is 68.6 Å². The highest BCUT2D eigenvalue weighted by molar-refractivity contribution is 8.00. The molecule has 3 rings (SSSR count). The van der Waals surface area contributed by atoms with Crippen molar-refractivity contribution < 1.29 is 58.2 Å². The lowest BCUT2D eigenvalue weighted by Gasteiger charge is -2.38. The van der Waals surface area contributed by atoms with E-state index in [2.05, 4.69) is 37.2 Å². The maximum Gasteiger partial charge on any atom is 0.303 e. The van der Waals surface area contributed by atoms with Gasteiger partial charge in [0.2, 0.25) is 53.2 Å². The van der Waals surface area contributed by atoms with Gasteiger partial charge in [-0.2, -0.15) is 0 Å². The number of aliphatic carboxylic acids is 1. The van der Waals surface area contributed by atoms with E-state index in [4.69, 9.17) is 17.2 Å². The molecule has 0 unspecified atom stereocenters. The van der Waals surface area contributed by atoms with E-state index in [1.54, 1.807) is 13.8 Å². The van der Waals surface area contributed by atoms with Crippen molar-refractivity contribution in [2.75, 3.05) is 23.8 Å². The number of thioether (sulfide) groups is 1. The first-order valence-corrected chi connectivity index (χ1v) is 22.9. The summed E-state index contributed by atoms with van der Waals surface area (Å²) in [6.45, 7) is 3.59. The smallest absolute Gasteiger partial charge is 0.303 e. The number of hydrogen-bond donors (Lipinski definition) is 12. The molecule has 5 atom stereocenters. The van der Waals surface area contributed by atoms with Crippen molar-refractivity contribution in [1.29, 1.82) is 0 Å². The number of carboxylic acids is 1. The summed E-state index contributed by atoms with van der Waals surface area (Å²) in [6, 6.07) is -2.47. The van der Waals surface area contributed by atoms with E-state index < -0.39 is 101 Å². The van der Waals surface area contributed by atoms with Gasteiger partial charge < -0.3 is 64.6 Å². The second-order valence-electron chi connectivity index (χ2n) is 16.9. The zero-order chi connectivity index (χ0) is 48.3. The molecule has 0 aromatic heterocycles. The van der Waals surface area contributed by atoms with Crippen molar-refractivity contribution in [3.05, 3.63) is 23.8 Å². The highest BCUT2D eigenvalue weighted by Gasteiger charge is 2.44. The number of carboxylic acid groups (broad SMARTS) is 1. The number of aromatic hydroxyl groups is 1. The van der Waals surface area contributed by atoms with E-state index in [9.17, 15) is 58.2 Å². The lowest BCUT2D eigenvalue weighted by Crippen LogP contribution is -2.66. The number of phenolic OH excluding ortho intramolecular Hbond substituents is 1. The molecule has 15 N–H and O–H groups in total. The molecule has 1 spiro atoms. The molecule has 1 aliphatic carbocycles. The first kappa shape index (κ1) is 53.2. The van der Waals surface area contributed by atoms with Crippen LogP contribution >= 0.6 is 11.8 Å². The average Bonchev–Trinajstić information content (AvgIpc) is 3.22. The summed E-state index contributed by atoms with van der Waals surface area (Å²) in [5.74, 6) is -8.95. The molecule has 1 saturated carbocycles. The normalized spacial score (nSPS) is 23.9. The molecule has 1 aromatic rings.